The first-order valence-electron chi connectivity index (χ1n) is 8.25. The number of amides is 4. The zero-order chi connectivity index (χ0) is 20.7. The molecule has 1 aliphatic heterocycles. The van der Waals surface area contributed by atoms with Gasteiger partial charge in [0.25, 0.3) is 17.5 Å². The maximum absolute atomic E-state index is 13.9. The van der Waals surface area contributed by atoms with Crippen LogP contribution in [0.3, 0.4) is 0 Å². The Morgan fingerprint density at radius 1 is 1.04 bits per heavy atom. The first-order chi connectivity index (χ1) is 13.1. The molecule has 1 fully saturated rings. The van der Waals surface area contributed by atoms with E-state index < -0.39 is 29.7 Å². The lowest BCUT2D eigenvalue weighted by molar-refractivity contribution is -0.197. The molecule has 146 valence electrons. The summed E-state index contributed by atoms with van der Waals surface area (Å²) in [5.74, 6) is -2.77. The van der Waals surface area contributed by atoms with E-state index in [2.05, 4.69) is 0 Å². The molecule has 0 saturated carbocycles. The highest BCUT2D eigenvalue weighted by Crippen LogP contribution is 2.36. The van der Waals surface area contributed by atoms with Gasteiger partial charge in [-0.15, -0.1) is 0 Å². The molecule has 0 radical (unpaired) electrons. The van der Waals surface area contributed by atoms with E-state index in [9.17, 15) is 27.6 Å². The number of benzene rings is 2. The molecule has 0 bridgehead atoms. The van der Waals surface area contributed by atoms with Gasteiger partial charge in [-0.2, -0.15) is 13.2 Å². The van der Waals surface area contributed by atoms with Crippen LogP contribution >= 0.6 is 0 Å². The summed E-state index contributed by atoms with van der Waals surface area (Å²) < 4.78 is 41.6. The highest BCUT2D eigenvalue weighted by molar-refractivity contribution is 6.24. The van der Waals surface area contributed by atoms with E-state index in [1.807, 2.05) is 0 Å². The molecule has 4 amide bonds. The second-order valence-electron chi connectivity index (χ2n) is 6.41. The second-order valence-corrected chi connectivity index (χ2v) is 6.41. The normalized spacial score (nSPS) is 19.5. The minimum atomic E-state index is -5.27. The van der Waals surface area contributed by atoms with E-state index in [0.29, 0.717) is 10.5 Å². The lowest BCUT2D eigenvalue weighted by atomic mass is 10.1. The minimum Gasteiger partial charge on any atom is -0.314 e. The average molecular weight is 391 g/mol. The molecule has 0 aliphatic carbocycles. The number of rotatable bonds is 3. The summed E-state index contributed by atoms with van der Waals surface area (Å²) in [6.45, 7) is 3.48. The largest absolute Gasteiger partial charge is 0.440 e. The molecule has 2 aromatic carbocycles. The van der Waals surface area contributed by atoms with Gasteiger partial charge < -0.3 is 5.32 Å². The van der Waals surface area contributed by atoms with Crippen LogP contribution in [0.15, 0.2) is 48.5 Å². The molecule has 0 unspecified atom stereocenters. The first-order valence-corrected chi connectivity index (χ1v) is 8.25. The van der Waals surface area contributed by atoms with Gasteiger partial charge in [-0.1, -0.05) is 24.3 Å². The third-order valence-corrected chi connectivity index (χ3v) is 4.53. The molecule has 1 saturated heterocycles. The first kappa shape index (κ1) is 19.4. The van der Waals surface area contributed by atoms with Crippen LogP contribution in [0.2, 0.25) is 0 Å². The second kappa shape index (κ2) is 6.66. The van der Waals surface area contributed by atoms with Gasteiger partial charge in [-0.25, -0.2) is 9.69 Å². The zero-order valence-electron chi connectivity index (χ0n) is 14.9. The number of nitrogens with one attached hydrogen (secondary N) is 2. The van der Waals surface area contributed by atoms with Crippen molar-refractivity contribution in [1.82, 2.24) is 10.6 Å². The summed E-state index contributed by atoms with van der Waals surface area (Å²) in [4.78, 5) is 37.8. The Hall–Kier alpha value is -3.36. The van der Waals surface area contributed by atoms with E-state index >= 15 is 0 Å². The molecule has 2 N–H and O–H groups in total. The molecule has 28 heavy (non-hydrogen) atoms. The van der Waals surface area contributed by atoms with Crippen molar-refractivity contribution in [2.45, 2.75) is 25.7 Å². The number of carbonyl (C=O) groups is 3. The molecule has 1 atom stereocenters. The molecule has 0 spiro atoms. The van der Waals surface area contributed by atoms with E-state index in [4.69, 9.17) is 0 Å². The Morgan fingerprint density at radius 2 is 1.68 bits per heavy atom. The summed E-state index contributed by atoms with van der Waals surface area (Å²) in [7, 11) is 0. The molecule has 1 heterocycles. The van der Waals surface area contributed by atoms with Crippen LogP contribution in [-0.4, -0.2) is 29.7 Å². The maximum Gasteiger partial charge on any atom is 0.440 e. The van der Waals surface area contributed by atoms with E-state index in [0.717, 1.165) is 5.56 Å². The van der Waals surface area contributed by atoms with Gasteiger partial charge >= 0.3 is 12.2 Å². The van der Waals surface area contributed by atoms with E-state index in [1.165, 1.54) is 36.4 Å². The minimum absolute atomic E-state index is 0.0225. The number of hydrogen-bond donors (Lipinski definition) is 2. The predicted molar refractivity (Wildman–Crippen MR) is 94.6 cm³/mol. The van der Waals surface area contributed by atoms with Crippen LogP contribution in [0.1, 0.15) is 21.5 Å². The van der Waals surface area contributed by atoms with Gasteiger partial charge in [0.15, 0.2) is 0 Å². The van der Waals surface area contributed by atoms with Crippen molar-refractivity contribution in [3.63, 3.8) is 0 Å². The third kappa shape index (κ3) is 3.08. The predicted octanol–water partition coefficient (Wildman–Crippen LogP) is 3.05. The standard InChI is InChI=1S/C19H16F3N3O3/c1-11-8-9-14(10-12(11)2)25-16(27)18(19(20,21)22,24-17(25)28)23-15(26)13-6-4-3-5-7-13/h3-10H,1-2H3,(H,23,26)(H,24,28)/t18-/m0/s1. The fraction of sp³-hybridized carbons (Fsp3) is 0.211. The fourth-order valence-corrected chi connectivity index (χ4v) is 2.81. The summed E-state index contributed by atoms with van der Waals surface area (Å²) in [5, 5.41) is 3.29. The van der Waals surface area contributed by atoms with Crippen molar-refractivity contribution < 1.29 is 27.6 Å². The number of carbonyl (C=O) groups excluding carboxylic acids is 3. The van der Waals surface area contributed by atoms with Gasteiger partial charge in [0.05, 0.1) is 5.69 Å². The number of anilines is 1. The van der Waals surface area contributed by atoms with E-state index in [-0.39, 0.29) is 11.3 Å². The van der Waals surface area contributed by atoms with Crippen molar-refractivity contribution in [1.29, 1.82) is 0 Å². The highest BCUT2D eigenvalue weighted by atomic mass is 19.4. The van der Waals surface area contributed by atoms with Crippen molar-refractivity contribution in [3.05, 3.63) is 65.2 Å². The Bertz CT molecular complexity index is 960. The summed E-state index contributed by atoms with van der Waals surface area (Å²) in [6.07, 6.45) is -5.27. The van der Waals surface area contributed by atoms with E-state index in [1.54, 1.807) is 36.6 Å². The van der Waals surface area contributed by atoms with Crippen molar-refractivity contribution >= 4 is 23.5 Å². The lowest BCUT2D eigenvalue weighted by Gasteiger charge is -2.29. The maximum atomic E-state index is 13.9. The quantitative estimate of drug-likeness (QED) is 0.790. The van der Waals surface area contributed by atoms with Crippen LogP contribution < -0.4 is 15.5 Å². The molecular weight excluding hydrogens is 375 g/mol. The zero-order valence-corrected chi connectivity index (χ0v) is 14.9. The molecule has 2 aromatic rings. The van der Waals surface area contributed by atoms with Gasteiger partial charge in [0.2, 0.25) is 0 Å². The number of nitrogens with zero attached hydrogens (tertiary/aromatic N) is 1. The Balaban J connectivity index is 2.02. The van der Waals surface area contributed by atoms with Gasteiger partial charge in [-0.3, -0.25) is 14.9 Å². The van der Waals surface area contributed by atoms with Crippen LogP contribution in [-0.2, 0) is 4.79 Å². The lowest BCUT2D eigenvalue weighted by Crippen LogP contribution is -2.69. The SMILES string of the molecule is Cc1ccc(N2C(=O)N[C@](NC(=O)c3ccccc3)(C(F)(F)F)C2=O)cc1C. The molecule has 1 aliphatic rings. The number of alkyl halides is 3. The van der Waals surface area contributed by atoms with Crippen LogP contribution in [0.25, 0.3) is 0 Å². The number of imide groups is 1. The number of aryl methyl sites for hydroxylation is 2. The number of urea groups is 1. The topological polar surface area (TPSA) is 78.5 Å². The molecule has 9 heteroatoms. The van der Waals surface area contributed by atoms with Crippen molar-refractivity contribution in [3.8, 4) is 0 Å². The molecular formula is C19H16F3N3O3. The third-order valence-electron chi connectivity index (χ3n) is 4.53. The average Bonchev–Trinajstić information content (AvgIpc) is 2.89. The number of hydrogen-bond acceptors (Lipinski definition) is 3. The molecule has 3 rings (SSSR count). The Labute approximate surface area is 158 Å². The smallest absolute Gasteiger partial charge is 0.314 e. The van der Waals surface area contributed by atoms with Crippen molar-refractivity contribution in [2.24, 2.45) is 0 Å². The fourth-order valence-electron chi connectivity index (χ4n) is 2.81. The van der Waals surface area contributed by atoms with Crippen LogP contribution in [0.4, 0.5) is 23.7 Å². The van der Waals surface area contributed by atoms with Crippen LogP contribution in [0, 0.1) is 13.8 Å². The summed E-state index contributed by atoms with van der Waals surface area (Å²) in [6, 6.07) is 10.2. The van der Waals surface area contributed by atoms with Gasteiger partial charge in [0.1, 0.15) is 0 Å². The number of halogens is 3. The Kier molecular flexibility index (Phi) is 4.62. The Morgan fingerprint density at radius 3 is 2.25 bits per heavy atom. The van der Waals surface area contributed by atoms with Gasteiger partial charge in [-0.05, 0) is 49.2 Å². The monoisotopic (exact) mass is 391 g/mol. The van der Waals surface area contributed by atoms with Crippen molar-refractivity contribution in [2.75, 3.05) is 4.90 Å². The van der Waals surface area contributed by atoms with Crippen LogP contribution in [0.5, 0.6) is 0 Å². The molecule has 0 aromatic heterocycles. The van der Waals surface area contributed by atoms with Gasteiger partial charge in [0, 0.05) is 5.56 Å². The molecule has 6 nitrogen and oxygen atoms in total. The highest BCUT2D eigenvalue weighted by Gasteiger charge is 2.69. The summed E-state index contributed by atoms with van der Waals surface area (Å²) >= 11 is 0. The summed E-state index contributed by atoms with van der Waals surface area (Å²) in [5.41, 5.74) is -2.13.